The molecule has 1 fully saturated rings. The number of piperidine rings is 1. The summed E-state index contributed by atoms with van der Waals surface area (Å²) in [7, 11) is 0. The molecule has 3 heterocycles. The monoisotopic (exact) mass is 359 g/mol. The summed E-state index contributed by atoms with van der Waals surface area (Å²) in [5.41, 5.74) is -0.0692. The first-order valence-electron chi connectivity index (χ1n) is 8.88. The quantitative estimate of drug-likeness (QED) is 0.873. The van der Waals surface area contributed by atoms with Crippen molar-refractivity contribution >= 4 is 5.91 Å². The van der Waals surface area contributed by atoms with Gasteiger partial charge in [0.1, 0.15) is 17.8 Å². The minimum absolute atomic E-state index is 0.0339. The van der Waals surface area contributed by atoms with Crippen molar-refractivity contribution in [1.29, 1.82) is 0 Å². The number of likely N-dealkylation sites (tertiary alicyclic amines) is 1. The van der Waals surface area contributed by atoms with E-state index in [1.165, 1.54) is 10.6 Å². The van der Waals surface area contributed by atoms with E-state index in [0.29, 0.717) is 25.1 Å². The van der Waals surface area contributed by atoms with Gasteiger partial charge in [0, 0.05) is 24.8 Å². The Labute approximate surface area is 152 Å². The Morgan fingerprint density at radius 1 is 1.42 bits per heavy atom. The summed E-state index contributed by atoms with van der Waals surface area (Å²) in [6.45, 7) is 6.48. The van der Waals surface area contributed by atoms with Gasteiger partial charge in [-0.2, -0.15) is 0 Å². The molecule has 1 aliphatic rings. The molecule has 8 heteroatoms. The van der Waals surface area contributed by atoms with E-state index in [4.69, 9.17) is 0 Å². The van der Waals surface area contributed by atoms with Crippen LogP contribution < -0.4 is 5.56 Å². The standard InChI is InChI=1S/C18H25N5O3/c1-13(2)23-10-15(19-20-23)18(26)6-4-7-22(12-18)17(25)11-21-8-5-14(3)9-16(21)24/h5,8-10,13,26H,4,6-7,11-12H2,1-3H3/t18-/m1/s1. The maximum atomic E-state index is 12.7. The Morgan fingerprint density at radius 2 is 2.19 bits per heavy atom. The first-order chi connectivity index (χ1) is 12.3. The molecule has 2 aromatic heterocycles. The Morgan fingerprint density at radius 3 is 2.85 bits per heavy atom. The van der Waals surface area contributed by atoms with E-state index in [1.54, 1.807) is 28.0 Å². The van der Waals surface area contributed by atoms with Crippen LogP contribution in [-0.4, -0.2) is 48.6 Å². The third kappa shape index (κ3) is 3.70. The van der Waals surface area contributed by atoms with Crippen LogP contribution in [0.5, 0.6) is 0 Å². The van der Waals surface area contributed by atoms with E-state index in [2.05, 4.69) is 10.3 Å². The molecule has 0 saturated carbocycles. The molecular weight excluding hydrogens is 334 g/mol. The molecule has 1 N–H and O–H groups in total. The van der Waals surface area contributed by atoms with E-state index in [9.17, 15) is 14.7 Å². The number of aromatic nitrogens is 4. The molecule has 1 atom stereocenters. The molecule has 140 valence electrons. The highest BCUT2D eigenvalue weighted by Gasteiger charge is 2.39. The number of rotatable bonds is 4. The summed E-state index contributed by atoms with van der Waals surface area (Å²) in [6.07, 6.45) is 4.56. The Balaban J connectivity index is 1.74. The van der Waals surface area contributed by atoms with Gasteiger partial charge in [0.15, 0.2) is 0 Å². The van der Waals surface area contributed by atoms with Crippen LogP contribution >= 0.6 is 0 Å². The van der Waals surface area contributed by atoms with Crippen LogP contribution in [0.2, 0.25) is 0 Å². The molecule has 2 aromatic rings. The highest BCUT2D eigenvalue weighted by molar-refractivity contribution is 5.76. The van der Waals surface area contributed by atoms with E-state index in [1.807, 2.05) is 20.8 Å². The predicted octanol–water partition coefficient (Wildman–Crippen LogP) is 0.839. The molecule has 3 rings (SSSR count). The summed E-state index contributed by atoms with van der Waals surface area (Å²) >= 11 is 0. The lowest BCUT2D eigenvalue weighted by molar-refractivity contribution is -0.139. The van der Waals surface area contributed by atoms with Gasteiger partial charge in [0.05, 0.1) is 12.7 Å². The summed E-state index contributed by atoms with van der Waals surface area (Å²) in [4.78, 5) is 26.2. The van der Waals surface area contributed by atoms with E-state index >= 15 is 0 Å². The van der Waals surface area contributed by atoms with Crippen LogP contribution in [0.3, 0.4) is 0 Å². The van der Waals surface area contributed by atoms with Gasteiger partial charge in [-0.25, -0.2) is 4.68 Å². The number of amides is 1. The Kier molecular flexibility index (Phi) is 4.95. The number of nitrogens with zero attached hydrogens (tertiary/aromatic N) is 5. The molecule has 0 spiro atoms. The van der Waals surface area contributed by atoms with Crippen molar-refractivity contribution in [2.75, 3.05) is 13.1 Å². The lowest BCUT2D eigenvalue weighted by Crippen LogP contribution is -2.50. The minimum Gasteiger partial charge on any atom is -0.382 e. The Hall–Kier alpha value is -2.48. The summed E-state index contributed by atoms with van der Waals surface area (Å²) in [5.74, 6) is -0.190. The average molecular weight is 359 g/mol. The number of carbonyl (C=O) groups excluding carboxylic acids is 1. The van der Waals surface area contributed by atoms with Crippen molar-refractivity contribution < 1.29 is 9.90 Å². The molecule has 0 aliphatic carbocycles. The second-order valence-corrected chi connectivity index (χ2v) is 7.30. The molecule has 26 heavy (non-hydrogen) atoms. The van der Waals surface area contributed by atoms with Crippen LogP contribution in [-0.2, 0) is 16.9 Å². The smallest absolute Gasteiger partial charge is 0.251 e. The molecule has 8 nitrogen and oxygen atoms in total. The maximum absolute atomic E-state index is 12.7. The van der Waals surface area contributed by atoms with Crippen molar-refractivity contribution in [3.63, 3.8) is 0 Å². The van der Waals surface area contributed by atoms with Gasteiger partial charge in [0.2, 0.25) is 5.91 Å². The molecular formula is C18H25N5O3. The van der Waals surface area contributed by atoms with Crippen molar-refractivity contribution in [2.24, 2.45) is 0 Å². The van der Waals surface area contributed by atoms with E-state index in [-0.39, 0.29) is 30.6 Å². The van der Waals surface area contributed by atoms with Gasteiger partial charge >= 0.3 is 0 Å². The van der Waals surface area contributed by atoms with E-state index < -0.39 is 5.60 Å². The number of pyridine rings is 1. The molecule has 0 aromatic carbocycles. The lowest BCUT2D eigenvalue weighted by Gasteiger charge is -2.38. The number of carbonyl (C=O) groups is 1. The average Bonchev–Trinajstić information content (AvgIpc) is 3.08. The van der Waals surface area contributed by atoms with Crippen LogP contribution in [0, 0.1) is 6.92 Å². The second kappa shape index (κ2) is 7.03. The molecule has 0 radical (unpaired) electrons. The fraction of sp³-hybridized carbons (Fsp3) is 0.556. The van der Waals surface area contributed by atoms with Crippen LogP contribution in [0.4, 0.5) is 0 Å². The first kappa shape index (κ1) is 18.3. The zero-order chi connectivity index (χ0) is 18.9. The largest absolute Gasteiger partial charge is 0.382 e. The highest BCUT2D eigenvalue weighted by Crippen LogP contribution is 2.30. The van der Waals surface area contributed by atoms with Crippen LogP contribution in [0.15, 0.2) is 29.3 Å². The third-order valence-corrected chi connectivity index (χ3v) is 4.80. The number of hydrogen-bond acceptors (Lipinski definition) is 5. The molecule has 0 bridgehead atoms. The summed E-state index contributed by atoms with van der Waals surface area (Å²) in [5, 5.41) is 19.2. The Bertz CT molecular complexity index is 857. The summed E-state index contributed by atoms with van der Waals surface area (Å²) < 4.78 is 3.08. The topological polar surface area (TPSA) is 93.2 Å². The van der Waals surface area contributed by atoms with Gasteiger partial charge in [-0.05, 0) is 45.2 Å². The van der Waals surface area contributed by atoms with Gasteiger partial charge in [-0.3, -0.25) is 9.59 Å². The number of aryl methyl sites for hydroxylation is 1. The third-order valence-electron chi connectivity index (χ3n) is 4.80. The van der Waals surface area contributed by atoms with Crippen molar-refractivity contribution in [1.82, 2.24) is 24.5 Å². The van der Waals surface area contributed by atoms with Crippen molar-refractivity contribution in [2.45, 2.75) is 51.8 Å². The van der Waals surface area contributed by atoms with Crippen molar-refractivity contribution in [3.05, 3.63) is 46.1 Å². The number of hydrogen-bond donors (Lipinski definition) is 1. The summed E-state index contributed by atoms with van der Waals surface area (Å²) in [6, 6.07) is 3.45. The maximum Gasteiger partial charge on any atom is 0.251 e. The first-order valence-corrected chi connectivity index (χ1v) is 8.88. The number of β-amino-alcohol motifs (C(OH)–C–C–N with tert-alkyl or cyclic N) is 1. The van der Waals surface area contributed by atoms with E-state index in [0.717, 1.165) is 5.56 Å². The fourth-order valence-corrected chi connectivity index (χ4v) is 3.18. The SMILES string of the molecule is Cc1ccn(CC(=O)N2CCC[C@](O)(c3cn(C(C)C)nn3)C2)c(=O)c1. The number of aliphatic hydroxyl groups is 1. The van der Waals surface area contributed by atoms with Gasteiger partial charge < -0.3 is 14.6 Å². The van der Waals surface area contributed by atoms with Crippen molar-refractivity contribution in [3.8, 4) is 0 Å². The lowest BCUT2D eigenvalue weighted by atomic mass is 9.90. The zero-order valence-corrected chi connectivity index (χ0v) is 15.4. The second-order valence-electron chi connectivity index (χ2n) is 7.30. The molecule has 1 aliphatic heterocycles. The molecule has 1 amide bonds. The molecule has 0 unspecified atom stereocenters. The normalized spacial score (nSPS) is 20.6. The fourth-order valence-electron chi connectivity index (χ4n) is 3.18. The molecule has 1 saturated heterocycles. The van der Waals surface area contributed by atoms with Gasteiger partial charge in [-0.15, -0.1) is 5.10 Å². The van der Waals surface area contributed by atoms with Gasteiger partial charge in [-0.1, -0.05) is 5.21 Å². The highest BCUT2D eigenvalue weighted by atomic mass is 16.3. The van der Waals surface area contributed by atoms with Crippen LogP contribution in [0.1, 0.15) is 44.0 Å². The predicted molar refractivity (Wildman–Crippen MR) is 95.6 cm³/mol. The van der Waals surface area contributed by atoms with Crippen LogP contribution in [0.25, 0.3) is 0 Å². The minimum atomic E-state index is -1.21. The zero-order valence-electron chi connectivity index (χ0n) is 15.4. The van der Waals surface area contributed by atoms with Gasteiger partial charge in [0.25, 0.3) is 5.56 Å².